The van der Waals surface area contributed by atoms with Crippen molar-refractivity contribution >= 4 is 40.6 Å². The molecule has 1 aliphatic heterocycles. The highest BCUT2D eigenvalue weighted by Crippen LogP contribution is 2.32. The van der Waals surface area contributed by atoms with Crippen LogP contribution in [0.5, 0.6) is 5.75 Å². The van der Waals surface area contributed by atoms with Gasteiger partial charge in [0.05, 0.1) is 11.5 Å². The van der Waals surface area contributed by atoms with Gasteiger partial charge in [-0.1, -0.05) is 30.3 Å². The topological polar surface area (TPSA) is 75.7 Å². The number of nitrogens with zero attached hydrogens (tertiary/aromatic N) is 1. The molecule has 0 spiro atoms. The van der Waals surface area contributed by atoms with Crippen LogP contribution in [0.25, 0.3) is 6.08 Å². The Bertz CT molecular complexity index is 938. The molecule has 0 saturated carbocycles. The number of hydrogen-bond donors (Lipinski definition) is 1. The van der Waals surface area contributed by atoms with Gasteiger partial charge in [-0.25, -0.2) is 0 Å². The lowest BCUT2D eigenvalue weighted by Gasteiger charge is -2.13. The number of imide groups is 1. The standard InChI is InChI=1S/C21H20N2O4S/c1-3-27-16-10-8-15(9-11-16)12-18-20(25)23(21(26)28-18)13-19(24)22-17-7-5-4-6-14(17)2/h4-12H,3,13H2,1-2H3,(H,22,24)/b18-12+. The van der Waals surface area contributed by atoms with Gasteiger partial charge in [-0.15, -0.1) is 0 Å². The van der Waals surface area contributed by atoms with Crippen molar-refractivity contribution in [1.29, 1.82) is 0 Å². The number of amides is 3. The lowest BCUT2D eigenvalue weighted by Crippen LogP contribution is -2.36. The number of ether oxygens (including phenoxy) is 1. The van der Waals surface area contributed by atoms with Crippen LogP contribution in [0.1, 0.15) is 18.1 Å². The number of rotatable bonds is 6. The first-order valence-corrected chi connectivity index (χ1v) is 9.63. The number of carbonyl (C=O) groups is 3. The maximum atomic E-state index is 12.6. The third kappa shape index (κ3) is 4.61. The average Bonchev–Trinajstić information content (AvgIpc) is 2.93. The molecule has 1 fully saturated rings. The molecule has 28 heavy (non-hydrogen) atoms. The van der Waals surface area contributed by atoms with E-state index in [9.17, 15) is 14.4 Å². The van der Waals surface area contributed by atoms with Crippen molar-refractivity contribution in [2.24, 2.45) is 0 Å². The summed E-state index contributed by atoms with van der Waals surface area (Å²) >= 11 is 0.830. The van der Waals surface area contributed by atoms with Crippen molar-refractivity contribution in [2.75, 3.05) is 18.5 Å². The lowest BCUT2D eigenvalue weighted by atomic mass is 10.2. The molecule has 0 atom stereocenters. The van der Waals surface area contributed by atoms with E-state index in [1.807, 2.05) is 44.2 Å². The molecule has 0 aromatic heterocycles. The van der Waals surface area contributed by atoms with E-state index in [1.54, 1.807) is 24.3 Å². The van der Waals surface area contributed by atoms with Crippen LogP contribution in [0.2, 0.25) is 0 Å². The van der Waals surface area contributed by atoms with Gasteiger partial charge in [-0.2, -0.15) is 0 Å². The zero-order valence-electron chi connectivity index (χ0n) is 15.6. The number of para-hydroxylation sites is 1. The highest BCUT2D eigenvalue weighted by Gasteiger charge is 2.36. The first-order valence-electron chi connectivity index (χ1n) is 8.81. The fourth-order valence-corrected chi connectivity index (χ4v) is 3.50. The SMILES string of the molecule is CCOc1ccc(/C=C2/SC(=O)N(CC(=O)Nc3ccccc3C)C2=O)cc1. The fourth-order valence-electron chi connectivity index (χ4n) is 2.66. The minimum atomic E-state index is -0.469. The molecule has 0 unspecified atom stereocenters. The summed E-state index contributed by atoms with van der Waals surface area (Å²) in [5.74, 6) is -0.150. The number of aryl methyl sites for hydroxylation is 1. The van der Waals surface area contributed by atoms with Gasteiger partial charge in [-0.05, 0) is 61.0 Å². The van der Waals surface area contributed by atoms with E-state index < -0.39 is 17.1 Å². The van der Waals surface area contributed by atoms with Gasteiger partial charge in [0, 0.05) is 5.69 Å². The van der Waals surface area contributed by atoms with Crippen LogP contribution in [-0.2, 0) is 9.59 Å². The van der Waals surface area contributed by atoms with Crippen LogP contribution in [-0.4, -0.2) is 35.1 Å². The molecule has 0 aliphatic carbocycles. The van der Waals surface area contributed by atoms with Crippen LogP contribution in [0.15, 0.2) is 53.4 Å². The Balaban J connectivity index is 1.67. The predicted molar refractivity (Wildman–Crippen MR) is 110 cm³/mol. The Hall–Kier alpha value is -3.06. The molecule has 3 amide bonds. The molecule has 0 radical (unpaired) electrons. The van der Waals surface area contributed by atoms with Gasteiger partial charge in [0.2, 0.25) is 5.91 Å². The van der Waals surface area contributed by atoms with Gasteiger partial charge in [0.1, 0.15) is 12.3 Å². The quantitative estimate of drug-likeness (QED) is 0.745. The van der Waals surface area contributed by atoms with Crippen molar-refractivity contribution in [3.05, 3.63) is 64.6 Å². The van der Waals surface area contributed by atoms with Gasteiger partial charge in [0.15, 0.2) is 0 Å². The molecule has 1 aliphatic rings. The van der Waals surface area contributed by atoms with Crippen LogP contribution in [0.4, 0.5) is 10.5 Å². The van der Waals surface area contributed by atoms with E-state index in [0.717, 1.165) is 33.5 Å². The van der Waals surface area contributed by atoms with Gasteiger partial charge < -0.3 is 10.1 Å². The summed E-state index contributed by atoms with van der Waals surface area (Å²) in [6, 6.07) is 14.5. The predicted octanol–water partition coefficient (Wildman–Crippen LogP) is 4.07. The van der Waals surface area contributed by atoms with E-state index >= 15 is 0 Å². The second-order valence-corrected chi connectivity index (χ2v) is 7.13. The zero-order valence-corrected chi connectivity index (χ0v) is 16.4. The lowest BCUT2D eigenvalue weighted by molar-refractivity contribution is -0.127. The van der Waals surface area contributed by atoms with Crippen LogP contribution >= 0.6 is 11.8 Å². The first-order chi connectivity index (χ1) is 13.5. The number of thioether (sulfide) groups is 1. The monoisotopic (exact) mass is 396 g/mol. The van der Waals surface area contributed by atoms with Crippen LogP contribution < -0.4 is 10.1 Å². The molecule has 2 aromatic carbocycles. The molecule has 3 rings (SSSR count). The smallest absolute Gasteiger partial charge is 0.294 e. The van der Waals surface area contributed by atoms with E-state index in [2.05, 4.69) is 5.32 Å². The van der Waals surface area contributed by atoms with E-state index in [-0.39, 0.29) is 11.4 Å². The summed E-state index contributed by atoms with van der Waals surface area (Å²) in [5, 5.41) is 2.28. The summed E-state index contributed by atoms with van der Waals surface area (Å²) in [4.78, 5) is 38.3. The molecular weight excluding hydrogens is 376 g/mol. The molecule has 0 bridgehead atoms. The zero-order chi connectivity index (χ0) is 20.1. The van der Waals surface area contributed by atoms with Gasteiger partial charge >= 0.3 is 0 Å². The van der Waals surface area contributed by atoms with Gasteiger partial charge in [0.25, 0.3) is 11.1 Å². The molecule has 7 heteroatoms. The number of carbonyl (C=O) groups excluding carboxylic acids is 3. The minimum Gasteiger partial charge on any atom is -0.494 e. The minimum absolute atomic E-state index is 0.290. The number of anilines is 1. The van der Waals surface area contributed by atoms with E-state index in [0.29, 0.717) is 12.3 Å². The Morgan fingerprint density at radius 3 is 2.54 bits per heavy atom. The summed E-state index contributed by atoms with van der Waals surface area (Å²) in [6.07, 6.45) is 1.64. The summed E-state index contributed by atoms with van der Waals surface area (Å²) in [7, 11) is 0. The average molecular weight is 396 g/mol. The molecule has 1 N–H and O–H groups in total. The van der Waals surface area contributed by atoms with Crippen LogP contribution in [0, 0.1) is 6.92 Å². The van der Waals surface area contributed by atoms with Crippen LogP contribution in [0.3, 0.4) is 0 Å². The second-order valence-electron chi connectivity index (χ2n) is 6.13. The second kappa shape index (κ2) is 8.75. The van der Waals surface area contributed by atoms with E-state index in [1.165, 1.54) is 0 Å². The third-order valence-electron chi connectivity index (χ3n) is 4.08. The van der Waals surface area contributed by atoms with Crippen molar-refractivity contribution in [1.82, 2.24) is 4.90 Å². The molecule has 2 aromatic rings. The normalized spacial score (nSPS) is 15.2. The van der Waals surface area contributed by atoms with E-state index in [4.69, 9.17) is 4.74 Å². The van der Waals surface area contributed by atoms with Crippen molar-refractivity contribution in [3.8, 4) is 5.75 Å². The maximum Gasteiger partial charge on any atom is 0.294 e. The Morgan fingerprint density at radius 2 is 1.86 bits per heavy atom. The fraction of sp³-hybridized carbons (Fsp3) is 0.190. The van der Waals surface area contributed by atoms with Crippen molar-refractivity contribution in [2.45, 2.75) is 13.8 Å². The Morgan fingerprint density at radius 1 is 1.14 bits per heavy atom. The third-order valence-corrected chi connectivity index (χ3v) is 4.99. The molecule has 1 saturated heterocycles. The van der Waals surface area contributed by atoms with Crippen molar-refractivity contribution in [3.63, 3.8) is 0 Å². The molecule has 144 valence electrons. The molecule has 6 nitrogen and oxygen atoms in total. The van der Waals surface area contributed by atoms with Gasteiger partial charge in [-0.3, -0.25) is 19.3 Å². The Kier molecular flexibility index (Phi) is 6.16. The summed E-state index contributed by atoms with van der Waals surface area (Å²) < 4.78 is 5.39. The maximum absolute atomic E-state index is 12.6. The molecule has 1 heterocycles. The number of hydrogen-bond acceptors (Lipinski definition) is 5. The molecular formula is C21H20N2O4S. The largest absolute Gasteiger partial charge is 0.494 e. The summed E-state index contributed by atoms with van der Waals surface area (Å²) in [5.41, 5.74) is 2.34. The highest BCUT2D eigenvalue weighted by molar-refractivity contribution is 8.18. The van der Waals surface area contributed by atoms with Crippen molar-refractivity contribution < 1.29 is 19.1 Å². The summed E-state index contributed by atoms with van der Waals surface area (Å²) in [6.45, 7) is 4.02. The first kappa shape index (κ1) is 19.7. The highest BCUT2D eigenvalue weighted by atomic mass is 32.2. The number of benzene rings is 2. The Labute approximate surface area is 167 Å². The number of nitrogens with one attached hydrogen (secondary N) is 1.